The van der Waals surface area contributed by atoms with Gasteiger partial charge in [0.2, 0.25) is 0 Å². The molecule has 1 aromatic carbocycles. The maximum atomic E-state index is 12.7. The number of likely N-dealkylation sites (N-methyl/N-ethyl adjacent to an activating group) is 1. The van der Waals surface area contributed by atoms with Crippen LogP contribution in [0.25, 0.3) is 10.9 Å². The van der Waals surface area contributed by atoms with E-state index in [1.807, 2.05) is 54.8 Å². The molecule has 0 aliphatic rings. The van der Waals surface area contributed by atoms with Gasteiger partial charge in [0.25, 0.3) is 0 Å². The number of thiophene rings is 1. The molecule has 0 bridgehead atoms. The van der Waals surface area contributed by atoms with E-state index >= 15 is 0 Å². The number of H-pyrrole nitrogens is 1. The second kappa shape index (κ2) is 5.84. The molecule has 3 rings (SSSR count). The summed E-state index contributed by atoms with van der Waals surface area (Å²) in [7, 11) is 3.91. The smallest absolute Gasteiger partial charge is 0.158 e. The Hall–Kier alpha value is -1.91. The minimum atomic E-state index is -0.168. The van der Waals surface area contributed by atoms with E-state index in [0.29, 0.717) is 6.42 Å². The van der Waals surface area contributed by atoms with Crippen LogP contribution in [-0.4, -0.2) is 29.8 Å². The van der Waals surface area contributed by atoms with Crippen molar-refractivity contribution in [1.82, 2.24) is 9.88 Å². The Morgan fingerprint density at radius 3 is 2.86 bits per heavy atom. The molecule has 2 aromatic heterocycles. The highest BCUT2D eigenvalue weighted by molar-refractivity contribution is 7.08. The van der Waals surface area contributed by atoms with E-state index in [2.05, 4.69) is 16.4 Å². The molecule has 0 spiro atoms. The first-order chi connectivity index (χ1) is 10.1. The van der Waals surface area contributed by atoms with Crippen molar-refractivity contribution in [1.29, 1.82) is 0 Å². The third-order valence-electron chi connectivity index (χ3n) is 3.68. The molecule has 0 fully saturated rings. The minimum absolute atomic E-state index is 0.168. The van der Waals surface area contributed by atoms with Crippen LogP contribution in [0.3, 0.4) is 0 Å². The van der Waals surface area contributed by atoms with Crippen molar-refractivity contribution in [3.05, 3.63) is 58.4 Å². The molecule has 1 N–H and O–H groups in total. The maximum absolute atomic E-state index is 12.7. The molecule has 0 radical (unpaired) electrons. The Morgan fingerprint density at radius 2 is 2.14 bits per heavy atom. The lowest BCUT2D eigenvalue weighted by Gasteiger charge is -2.22. The molecule has 21 heavy (non-hydrogen) atoms. The molecule has 3 aromatic rings. The average Bonchev–Trinajstić information content (AvgIpc) is 3.08. The molecule has 0 aliphatic heterocycles. The third-order valence-corrected chi connectivity index (χ3v) is 4.38. The monoisotopic (exact) mass is 298 g/mol. The molecule has 0 aliphatic carbocycles. The molecule has 0 saturated heterocycles. The Morgan fingerprint density at radius 1 is 1.29 bits per heavy atom. The number of ketones is 1. The van der Waals surface area contributed by atoms with Gasteiger partial charge < -0.3 is 4.98 Å². The summed E-state index contributed by atoms with van der Waals surface area (Å²) in [5.74, 6) is 0.230. The number of carbonyl (C=O) groups excluding carboxylic acids is 1. The molecule has 108 valence electrons. The molecule has 0 saturated carbocycles. The number of nitrogens with zero attached hydrogens (tertiary/aromatic N) is 1. The van der Waals surface area contributed by atoms with Gasteiger partial charge >= 0.3 is 0 Å². The number of fused-ring (bicyclic) bond motifs is 1. The van der Waals surface area contributed by atoms with Gasteiger partial charge in [-0.15, -0.1) is 0 Å². The highest BCUT2D eigenvalue weighted by Gasteiger charge is 2.23. The summed E-state index contributed by atoms with van der Waals surface area (Å²) in [6.45, 7) is 0. The summed E-state index contributed by atoms with van der Waals surface area (Å²) in [6.07, 6.45) is 2.38. The number of rotatable bonds is 5. The molecule has 3 nitrogen and oxygen atoms in total. The zero-order valence-corrected chi connectivity index (χ0v) is 13.0. The Balaban J connectivity index is 1.83. The Labute approximate surface area is 128 Å². The van der Waals surface area contributed by atoms with Crippen molar-refractivity contribution in [3.63, 3.8) is 0 Å². The predicted octanol–water partition coefficient (Wildman–Crippen LogP) is 3.64. The van der Waals surface area contributed by atoms with Gasteiger partial charge in [0, 0.05) is 18.1 Å². The van der Waals surface area contributed by atoms with Crippen LogP contribution in [0.2, 0.25) is 0 Å². The van der Waals surface area contributed by atoms with E-state index in [4.69, 9.17) is 0 Å². The van der Waals surface area contributed by atoms with Crippen molar-refractivity contribution in [2.75, 3.05) is 14.1 Å². The van der Waals surface area contributed by atoms with Crippen LogP contribution < -0.4 is 0 Å². The molecule has 0 amide bonds. The molecular weight excluding hydrogens is 280 g/mol. The van der Waals surface area contributed by atoms with E-state index in [-0.39, 0.29) is 11.8 Å². The van der Waals surface area contributed by atoms with Crippen LogP contribution >= 0.6 is 11.3 Å². The van der Waals surface area contributed by atoms with Crippen molar-refractivity contribution in [3.8, 4) is 0 Å². The summed E-state index contributed by atoms with van der Waals surface area (Å²) >= 11 is 1.63. The van der Waals surface area contributed by atoms with E-state index in [1.165, 1.54) is 0 Å². The van der Waals surface area contributed by atoms with Gasteiger partial charge in [0.1, 0.15) is 0 Å². The van der Waals surface area contributed by atoms with Gasteiger partial charge in [-0.3, -0.25) is 9.69 Å². The fourth-order valence-electron chi connectivity index (χ4n) is 2.71. The van der Waals surface area contributed by atoms with E-state index in [1.54, 1.807) is 11.3 Å². The average molecular weight is 298 g/mol. The normalized spacial score (nSPS) is 12.9. The van der Waals surface area contributed by atoms with E-state index in [0.717, 1.165) is 22.0 Å². The number of benzene rings is 1. The second-order valence-electron chi connectivity index (χ2n) is 5.47. The van der Waals surface area contributed by atoms with E-state index < -0.39 is 0 Å². The van der Waals surface area contributed by atoms with Crippen molar-refractivity contribution >= 4 is 28.0 Å². The van der Waals surface area contributed by atoms with Gasteiger partial charge in [-0.05, 0) is 65.6 Å². The number of hydrogen-bond donors (Lipinski definition) is 1. The molecular formula is C17H18N2OS. The van der Waals surface area contributed by atoms with Crippen LogP contribution in [0, 0.1) is 0 Å². The van der Waals surface area contributed by atoms with Gasteiger partial charge in [-0.2, -0.15) is 11.3 Å². The van der Waals surface area contributed by atoms with E-state index in [9.17, 15) is 4.79 Å². The first kappa shape index (κ1) is 14.0. The number of aromatic amines is 1. The number of hydrogen-bond acceptors (Lipinski definition) is 3. The largest absolute Gasteiger partial charge is 0.361 e. The van der Waals surface area contributed by atoms with Crippen LogP contribution in [-0.2, 0) is 11.2 Å². The maximum Gasteiger partial charge on any atom is 0.158 e. The number of aromatic nitrogens is 1. The van der Waals surface area contributed by atoms with Crippen molar-refractivity contribution < 1.29 is 4.79 Å². The molecule has 1 unspecified atom stereocenters. The fraction of sp³-hybridized carbons (Fsp3) is 0.235. The van der Waals surface area contributed by atoms with Gasteiger partial charge in [-0.25, -0.2) is 0 Å². The van der Waals surface area contributed by atoms with Crippen LogP contribution in [0.5, 0.6) is 0 Å². The summed E-state index contributed by atoms with van der Waals surface area (Å²) < 4.78 is 0. The summed E-state index contributed by atoms with van der Waals surface area (Å²) in [5, 5.41) is 5.22. The summed E-state index contributed by atoms with van der Waals surface area (Å²) in [4.78, 5) is 17.8. The molecule has 1 atom stereocenters. The Bertz CT molecular complexity index is 743. The van der Waals surface area contributed by atoms with Gasteiger partial charge in [0.15, 0.2) is 5.78 Å². The number of carbonyl (C=O) groups is 1. The quantitative estimate of drug-likeness (QED) is 0.780. The van der Waals surface area contributed by atoms with Gasteiger partial charge in [-0.1, -0.05) is 6.07 Å². The SMILES string of the molecule is CN(C)C(C(=O)Cc1ccc2[nH]ccc2c1)c1ccsc1. The lowest BCUT2D eigenvalue weighted by molar-refractivity contribution is -0.123. The summed E-state index contributed by atoms with van der Waals surface area (Å²) in [5.41, 5.74) is 3.25. The first-order valence-electron chi connectivity index (χ1n) is 6.92. The standard InChI is InChI=1S/C17H18N2OS/c1-19(2)17(14-6-8-21-11-14)16(20)10-12-3-4-15-13(9-12)5-7-18-15/h3-9,11,17-18H,10H2,1-2H3. The van der Waals surface area contributed by atoms with Crippen molar-refractivity contribution in [2.45, 2.75) is 12.5 Å². The topological polar surface area (TPSA) is 36.1 Å². The lowest BCUT2D eigenvalue weighted by Crippen LogP contribution is -2.28. The number of nitrogens with one attached hydrogen (secondary N) is 1. The third kappa shape index (κ3) is 2.91. The van der Waals surface area contributed by atoms with Crippen LogP contribution in [0.15, 0.2) is 47.3 Å². The van der Waals surface area contributed by atoms with Gasteiger partial charge in [0.05, 0.1) is 6.04 Å². The lowest BCUT2D eigenvalue weighted by atomic mass is 9.98. The highest BCUT2D eigenvalue weighted by Crippen LogP contribution is 2.24. The van der Waals surface area contributed by atoms with Crippen LogP contribution in [0.1, 0.15) is 17.2 Å². The summed E-state index contributed by atoms with van der Waals surface area (Å²) in [6, 6.07) is 10.0. The zero-order chi connectivity index (χ0) is 14.8. The molecule has 4 heteroatoms. The number of Topliss-reactive ketones (excluding diaryl/α,β-unsaturated/α-hetero) is 1. The van der Waals surface area contributed by atoms with Crippen LogP contribution in [0.4, 0.5) is 0 Å². The predicted molar refractivity (Wildman–Crippen MR) is 87.8 cm³/mol. The molecule has 2 heterocycles. The first-order valence-corrected chi connectivity index (χ1v) is 7.86. The fourth-order valence-corrected chi connectivity index (χ4v) is 3.39. The van der Waals surface area contributed by atoms with Crippen molar-refractivity contribution in [2.24, 2.45) is 0 Å². The highest BCUT2D eigenvalue weighted by atomic mass is 32.1. The second-order valence-corrected chi connectivity index (χ2v) is 6.25. The Kier molecular flexibility index (Phi) is 3.90. The minimum Gasteiger partial charge on any atom is -0.361 e. The zero-order valence-electron chi connectivity index (χ0n) is 12.2.